The van der Waals surface area contributed by atoms with Gasteiger partial charge in [-0.05, 0) is 87.7 Å². The molecule has 6 rings (SSSR count). The van der Waals surface area contributed by atoms with Crippen molar-refractivity contribution in [3.05, 3.63) is 11.1 Å². The van der Waals surface area contributed by atoms with E-state index in [2.05, 4.69) is 33.0 Å². The third-order valence-electron chi connectivity index (χ3n) is 11.3. The minimum absolute atomic E-state index is 0.106. The number of fused-ring (bicyclic) bond motifs is 6. The predicted molar refractivity (Wildman–Crippen MR) is 122 cm³/mol. The Bertz CT molecular complexity index is 855. The number of ketones is 1. The number of hydrogen-bond acceptors (Lipinski definition) is 5. The summed E-state index contributed by atoms with van der Waals surface area (Å²) in [6.45, 7) is 10.0. The fourth-order valence-electron chi connectivity index (χ4n) is 9.55. The zero-order valence-electron chi connectivity index (χ0n) is 20.1. The average molecular weight is 444 g/mol. The molecule has 2 saturated heterocycles. The molecule has 0 unspecified atom stereocenters. The molecule has 5 heteroatoms. The van der Waals surface area contributed by atoms with Gasteiger partial charge < -0.3 is 20.3 Å². The van der Waals surface area contributed by atoms with Crippen molar-refractivity contribution in [3.63, 3.8) is 0 Å². The number of rotatable bonds is 0. The summed E-state index contributed by atoms with van der Waals surface area (Å²) in [7, 11) is 0. The van der Waals surface area contributed by atoms with Gasteiger partial charge in [0.15, 0.2) is 5.78 Å². The molecule has 178 valence electrons. The molecule has 0 radical (unpaired) electrons. The topological polar surface area (TPSA) is 78.8 Å². The predicted octanol–water partition coefficient (Wildman–Crippen LogP) is 3.23. The number of carbonyl (C=O) groups is 1. The largest absolute Gasteiger partial charge is 0.393 e. The van der Waals surface area contributed by atoms with Crippen LogP contribution in [0.5, 0.6) is 0 Å². The summed E-state index contributed by atoms with van der Waals surface area (Å²) in [4.78, 5) is 14.2. The molecule has 5 fully saturated rings. The van der Waals surface area contributed by atoms with Gasteiger partial charge in [-0.15, -0.1) is 0 Å². The highest BCUT2D eigenvalue weighted by molar-refractivity contribution is 6.02. The number of aliphatic hydroxyl groups excluding tert-OH is 2. The number of nitrogens with one attached hydrogen (secondary N) is 1. The van der Waals surface area contributed by atoms with E-state index in [0.717, 1.165) is 50.6 Å². The minimum atomic E-state index is -0.599. The van der Waals surface area contributed by atoms with Crippen LogP contribution >= 0.6 is 0 Å². The first kappa shape index (κ1) is 21.8. The lowest BCUT2D eigenvalue weighted by Gasteiger charge is -2.55. The molecule has 1 spiro atoms. The van der Waals surface area contributed by atoms with E-state index in [1.54, 1.807) is 0 Å². The van der Waals surface area contributed by atoms with Crippen molar-refractivity contribution in [1.82, 2.24) is 5.32 Å². The molecular weight excluding hydrogens is 402 g/mol. The van der Waals surface area contributed by atoms with E-state index in [9.17, 15) is 15.0 Å². The normalized spacial score (nSPS) is 57.2. The first-order valence-corrected chi connectivity index (χ1v) is 13.2. The Hall–Kier alpha value is -0.750. The summed E-state index contributed by atoms with van der Waals surface area (Å²) in [6, 6.07) is 0.376. The molecule has 0 aromatic rings. The van der Waals surface area contributed by atoms with Crippen LogP contribution in [0.15, 0.2) is 11.1 Å². The van der Waals surface area contributed by atoms with E-state index >= 15 is 0 Å². The van der Waals surface area contributed by atoms with E-state index < -0.39 is 17.6 Å². The molecule has 0 bridgehead atoms. The van der Waals surface area contributed by atoms with E-state index in [1.807, 2.05) is 0 Å². The van der Waals surface area contributed by atoms with Crippen molar-refractivity contribution in [3.8, 4) is 0 Å². The molecule has 0 amide bonds. The first-order valence-electron chi connectivity index (χ1n) is 13.2. The van der Waals surface area contributed by atoms with Crippen LogP contribution in [-0.2, 0) is 9.53 Å². The smallest absolute Gasteiger partial charge is 0.163 e. The number of allylic oxidation sites excluding steroid dienone is 1. The van der Waals surface area contributed by atoms with Gasteiger partial charge in [0.05, 0.1) is 23.9 Å². The Morgan fingerprint density at radius 3 is 2.66 bits per heavy atom. The van der Waals surface area contributed by atoms with E-state index in [0.29, 0.717) is 41.9 Å². The third kappa shape index (κ3) is 2.63. The molecule has 0 aromatic heterocycles. The van der Waals surface area contributed by atoms with Gasteiger partial charge >= 0.3 is 0 Å². The summed E-state index contributed by atoms with van der Waals surface area (Å²) >= 11 is 0. The van der Waals surface area contributed by atoms with Gasteiger partial charge in [-0.1, -0.05) is 20.8 Å². The van der Waals surface area contributed by atoms with Crippen LogP contribution in [0.2, 0.25) is 0 Å². The van der Waals surface area contributed by atoms with E-state index in [-0.39, 0.29) is 23.5 Å². The third-order valence-corrected chi connectivity index (χ3v) is 11.3. The Morgan fingerprint density at radius 1 is 1.09 bits per heavy atom. The Balaban J connectivity index is 1.39. The van der Waals surface area contributed by atoms with Gasteiger partial charge in [0.2, 0.25) is 0 Å². The fourth-order valence-corrected chi connectivity index (χ4v) is 9.55. The maximum Gasteiger partial charge on any atom is 0.163 e. The van der Waals surface area contributed by atoms with Crippen molar-refractivity contribution < 1.29 is 19.7 Å². The van der Waals surface area contributed by atoms with Crippen molar-refractivity contribution in [1.29, 1.82) is 0 Å². The van der Waals surface area contributed by atoms with Gasteiger partial charge in [-0.2, -0.15) is 0 Å². The zero-order valence-corrected chi connectivity index (χ0v) is 20.1. The Kier molecular flexibility index (Phi) is 4.85. The van der Waals surface area contributed by atoms with Crippen molar-refractivity contribution in [2.75, 3.05) is 6.54 Å². The highest BCUT2D eigenvalue weighted by atomic mass is 16.5. The lowest BCUT2D eigenvalue weighted by Crippen LogP contribution is -2.56. The van der Waals surface area contributed by atoms with Crippen LogP contribution in [0.4, 0.5) is 0 Å². The molecule has 6 aliphatic rings. The highest BCUT2D eigenvalue weighted by Crippen LogP contribution is 2.65. The second-order valence-corrected chi connectivity index (χ2v) is 12.6. The molecule has 2 aliphatic heterocycles. The first-order chi connectivity index (χ1) is 15.2. The number of Topliss-reactive ketones (excluding diaryl/α,β-unsaturated/α-hetero) is 1. The van der Waals surface area contributed by atoms with E-state index in [4.69, 9.17) is 4.74 Å². The maximum absolute atomic E-state index is 14.2. The Labute approximate surface area is 192 Å². The minimum Gasteiger partial charge on any atom is -0.393 e. The number of aliphatic hydroxyl groups is 2. The lowest BCUT2D eigenvalue weighted by atomic mass is 9.51. The summed E-state index contributed by atoms with van der Waals surface area (Å²) in [5, 5.41) is 25.2. The van der Waals surface area contributed by atoms with E-state index in [1.165, 1.54) is 5.57 Å². The second kappa shape index (κ2) is 7.13. The summed E-state index contributed by atoms with van der Waals surface area (Å²) in [5.74, 6) is 2.07. The summed E-state index contributed by atoms with van der Waals surface area (Å²) in [6.07, 6.45) is 5.54. The highest BCUT2D eigenvalue weighted by Gasteiger charge is 2.66. The molecule has 5 nitrogen and oxygen atoms in total. The lowest BCUT2D eigenvalue weighted by molar-refractivity contribution is -0.160. The standard InChI is InChI=1S/C27H41NO4/c1-13-9-20-24(28-12-13)15(3)27(32-20)8-7-18-19-6-5-16-10-17(29)11-21(30)26(16,4)23(19)25(31)22(18)14(27)2/h13,15-21,23-24,28-30H,5-12H2,1-4H3/t13-,15+,16+,17-,18-,19-,20+,21+,23+,24-,26+,27-/m0/s1. The van der Waals surface area contributed by atoms with Gasteiger partial charge in [-0.25, -0.2) is 0 Å². The van der Waals surface area contributed by atoms with Crippen LogP contribution in [-0.4, -0.2) is 52.5 Å². The molecule has 32 heavy (non-hydrogen) atoms. The zero-order chi connectivity index (χ0) is 22.6. The van der Waals surface area contributed by atoms with Gasteiger partial charge in [0, 0.05) is 28.9 Å². The van der Waals surface area contributed by atoms with Crippen LogP contribution in [0.25, 0.3) is 0 Å². The van der Waals surface area contributed by atoms with Gasteiger partial charge in [0.1, 0.15) is 0 Å². The quantitative estimate of drug-likeness (QED) is 0.536. The number of carbonyl (C=O) groups excluding carboxylic acids is 1. The van der Waals surface area contributed by atoms with Crippen LogP contribution in [0.3, 0.4) is 0 Å². The molecule has 3 N–H and O–H groups in total. The van der Waals surface area contributed by atoms with Crippen molar-refractivity contribution in [2.45, 2.75) is 103 Å². The van der Waals surface area contributed by atoms with Crippen LogP contribution < -0.4 is 5.32 Å². The number of piperidine rings is 1. The summed E-state index contributed by atoms with van der Waals surface area (Å²) < 4.78 is 6.91. The van der Waals surface area contributed by atoms with Gasteiger partial charge in [0.25, 0.3) is 0 Å². The second-order valence-electron chi connectivity index (χ2n) is 12.6. The molecule has 12 atom stereocenters. The molecule has 0 aromatic carbocycles. The average Bonchev–Trinajstić information content (AvgIpc) is 3.19. The fraction of sp³-hybridized carbons (Fsp3) is 0.889. The van der Waals surface area contributed by atoms with Crippen molar-refractivity contribution in [2.24, 2.45) is 40.9 Å². The van der Waals surface area contributed by atoms with Crippen LogP contribution in [0, 0.1) is 40.9 Å². The molecule has 2 heterocycles. The number of hydrogen-bond donors (Lipinski definition) is 3. The monoisotopic (exact) mass is 443 g/mol. The van der Waals surface area contributed by atoms with Crippen molar-refractivity contribution >= 4 is 5.78 Å². The van der Waals surface area contributed by atoms with Crippen LogP contribution in [0.1, 0.15) is 72.6 Å². The maximum atomic E-state index is 14.2. The molecular formula is C27H41NO4. The SMILES string of the molecule is CC1=C2C(=O)[C@H]3[C@@H](CC[C@@H]4C[C@H](O)C[C@@H](O)[C@@]43C)[C@@H]2CC[C@]12O[C@@H]1C[C@H](C)CN[C@H]1[C@H]2C. The van der Waals surface area contributed by atoms with Gasteiger partial charge in [-0.3, -0.25) is 4.79 Å². The number of ether oxygens (including phenoxy) is 1. The summed E-state index contributed by atoms with van der Waals surface area (Å²) in [5.41, 5.74) is 1.53. The molecule has 4 aliphatic carbocycles. The molecule has 3 saturated carbocycles. The Morgan fingerprint density at radius 2 is 1.88 bits per heavy atom.